The SMILES string of the molecule is CC1(C)CCN(S(=O)(=O)c2ccc(Br)c(C(=O)O)c2)CC1. The maximum Gasteiger partial charge on any atom is 0.336 e. The molecular weight excluding hydrogens is 358 g/mol. The Balaban J connectivity index is 2.33. The molecule has 0 aliphatic carbocycles. The van der Waals surface area contributed by atoms with E-state index in [-0.39, 0.29) is 15.9 Å². The van der Waals surface area contributed by atoms with Crippen LogP contribution in [-0.2, 0) is 10.0 Å². The number of nitrogens with zero attached hydrogens (tertiary/aromatic N) is 1. The Morgan fingerprint density at radius 1 is 1.29 bits per heavy atom. The first-order valence-electron chi connectivity index (χ1n) is 6.66. The van der Waals surface area contributed by atoms with Gasteiger partial charge in [0.25, 0.3) is 0 Å². The lowest BCUT2D eigenvalue weighted by atomic mass is 9.83. The third-order valence-corrected chi connectivity index (χ3v) is 6.47. The van der Waals surface area contributed by atoms with Crippen LogP contribution in [0.4, 0.5) is 0 Å². The average Bonchev–Trinajstić information content (AvgIpc) is 2.38. The van der Waals surface area contributed by atoms with Crippen molar-refractivity contribution in [3.05, 3.63) is 28.2 Å². The fraction of sp³-hybridized carbons (Fsp3) is 0.500. The second-order valence-corrected chi connectivity index (χ2v) is 8.81. The number of rotatable bonds is 3. The van der Waals surface area contributed by atoms with Crippen molar-refractivity contribution < 1.29 is 18.3 Å². The molecule has 0 spiro atoms. The zero-order valence-electron chi connectivity index (χ0n) is 12.0. The van der Waals surface area contributed by atoms with Crippen LogP contribution in [0.1, 0.15) is 37.0 Å². The van der Waals surface area contributed by atoms with Crippen molar-refractivity contribution in [1.29, 1.82) is 0 Å². The third-order valence-electron chi connectivity index (χ3n) is 3.88. The van der Waals surface area contributed by atoms with Gasteiger partial charge in [0.05, 0.1) is 10.5 Å². The molecule has 1 aliphatic rings. The predicted octanol–water partition coefficient (Wildman–Crippen LogP) is 2.96. The lowest BCUT2D eigenvalue weighted by Gasteiger charge is -2.36. The second kappa shape index (κ2) is 5.70. The van der Waals surface area contributed by atoms with Crippen LogP contribution in [0.5, 0.6) is 0 Å². The highest BCUT2D eigenvalue weighted by Crippen LogP contribution is 2.33. The van der Waals surface area contributed by atoms with Crippen molar-refractivity contribution in [3.63, 3.8) is 0 Å². The zero-order chi connectivity index (χ0) is 15.8. The van der Waals surface area contributed by atoms with Crippen LogP contribution in [0.3, 0.4) is 0 Å². The summed E-state index contributed by atoms with van der Waals surface area (Å²) in [7, 11) is -3.64. The molecule has 0 atom stereocenters. The minimum atomic E-state index is -3.64. The molecular formula is C14H18BrNO4S. The summed E-state index contributed by atoms with van der Waals surface area (Å²) in [5, 5.41) is 9.10. The predicted molar refractivity (Wildman–Crippen MR) is 82.9 cm³/mol. The van der Waals surface area contributed by atoms with Crippen molar-refractivity contribution in [1.82, 2.24) is 4.31 Å². The van der Waals surface area contributed by atoms with Crippen LogP contribution in [-0.4, -0.2) is 36.9 Å². The van der Waals surface area contributed by atoms with Gasteiger partial charge in [0, 0.05) is 17.6 Å². The molecule has 5 nitrogen and oxygen atoms in total. The van der Waals surface area contributed by atoms with E-state index >= 15 is 0 Å². The summed E-state index contributed by atoms with van der Waals surface area (Å²) in [6, 6.07) is 4.11. The van der Waals surface area contributed by atoms with Crippen molar-refractivity contribution in [2.75, 3.05) is 13.1 Å². The number of carboxylic acids is 1. The van der Waals surface area contributed by atoms with Crippen LogP contribution < -0.4 is 0 Å². The summed E-state index contributed by atoms with van der Waals surface area (Å²) >= 11 is 3.12. The zero-order valence-corrected chi connectivity index (χ0v) is 14.4. The number of aromatic carboxylic acids is 1. The fourth-order valence-corrected chi connectivity index (χ4v) is 4.19. The summed E-state index contributed by atoms with van der Waals surface area (Å²) in [6.07, 6.45) is 1.60. The first kappa shape index (κ1) is 16.5. The molecule has 1 N–H and O–H groups in total. The highest BCUT2D eigenvalue weighted by Gasteiger charge is 2.33. The maximum atomic E-state index is 12.6. The van der Waals surface area contributed by atoms with Gasteiger partial charge in [0.2, 0.25) is 10.0 Å². The topological polar surface area (TPSA) is 74.7 Å². The normalized spacial score (nSPS) is 19.4. The molecule has 0 aromatic heterocycles. The molecule has 2 rings (SSSR count). The minimum Gasteiger partial charge on any atom is -0.478 e. The van der Waals surface area contributed by atoms with E-state index in [4.69, 9.17) is 5.11 Å². The minimum absolute atomic E-state index is 0.0304. The molecule has 1 aliphatic heterocycles. The number of carboxylic acid groups (broad SMARTS) is 1. The molecule has 0 saturated carbocycles. The van der Waals surface area contributed by atoms with Gasteiger partial charge in [-0.2, -0.15) is 4.31 Å². The van der Waals surface area contributed by atoms with Crippen LogP contribution in [0.15, 0.2) is 27.6 Å². The first-order valence-corrected chi connectivity index (χ1v) is 8.90. The van der Waals surface area contributed by atoms with Gasteiger partial charge < -0.3 is 5.11 Å². The number of carbonyl (C=O) groups is 1. The maximum absolute atomic E-state index is 12.6. The Morgan fingerprint density at radius 2 is 1.86 bits per heavy atom. The number of halogens is 1. The van der Waals surface area contributed by atoms with Crippen LogP contribution in [0, 0.1) is 5.41 Å². The first-order chi connectivity index (χ1) is 9.63. The van der Waals surface area contributed by atoms with Gasteiger partial charge in [0.15, 0.2) is 0 Å². The van der Waals surface area contributed by atoms with E-state index in [0.717, 1.165) is 12.8 Å². The van der Waals surface area contributed by atoms with E-state index < -0.39 is 16.0 Å². The standard InChI is InChI=1S/C14H18BrNO4S/c1-14(2)5-7-16(8-6-14)21(19,20)10-3-4-12(15)11(9-10)13(17)18/h3-4,9H,5-8H2,1-2H3,(H,17,18). The highest BCUT2D eigenvalue weighted by atomic mass is 79.9. The molecule has 1 fully saturated rings. The number of sulfonamides is 1. The Morgan fingerprint density at radius 3 is 2.38 bits per heavy atom. The smallest absolute Gasteiger partial charge is 0.336 e. The summed E-state index contributed by atoms with van der Waals surface area (Å²) in [6.45, 7) is 5.18. The summed E-state index contributed by atoms with van der Waals surface area (Å²) < 4.78 is 27.0. The largest absolute Gasteiger partial charge is 0.478 e. The van der Waals surface area contributed by atoms with Crippen LogP contribution in [0.2, 0.25) is 0 Å². The lowest BCUT2D eigenvalue weighted by molar-refractivity contribution is 0.0695. The number of hydrogen-bond acceptors (Lipinski definition) is 3. The Hall–Kier alpha value is -0.920. The lowest BCUT2D eigenvalue weighted by Crippen LogP contribution is -2.41. The molecule has 1 aromatic carbocycles. The van der Waals surface area contributed by atoms with Crippen molar-refractivity contribution in [3.8, 4) is 0 Å². The van der Waals surface area contributed by atoms with Gasteiger partial charge in [-0.3, -0.25) is 0 Å². The monoisotopic (exact) mass is 375 g/mol. The Kier molecular flexibility index (Phi) is 4.46. The number of benzene rings is 1. The second-order valence-electron chi connectivity index (χ2n) is 6.02. The molecule has 7 heteroatoms. The van der Waals surface area contributed by atoms with Gasteiger partial charge in [0.1, 0.15) is 0 Å². The molecule has 1 saturated heterocycles. The van der Waals surface area contributed by atoms with Crippen LogP contribution >= 0.6 is 15.9 Å². The number of piperidine rings is 1. The molecule has 0 amide bonds. The molecule has 1 aromatic rings. The van der Waals surface area contributed by atoms with Crippen molar-refractivity contribution in [2.24, 2.45) is 5.41 Å². The third kappa shape index (κ3) is 3.46. The number of hydrogen-bond donors (Lipinski definition) is 1. The van der Waals surface area contributed by atoms with Gasteiger partial charge >= 0.3 is 5.97 Å². The summed E-state index contributed by atoms with van der Waals surface area (Å²) in [5.41, 5.74) is 0.103. The quantitative estimate of drug-likeness (QED) is 0.880. The molecule has 116 valence electrons. The molecule has 0 unspecified atom stereocenters. The average molecular weight is 376 g/mol. The van der Waals surface area contributed by atoms with Gasteiger partial charge in [-0.05, 0) is 52.4 Å². The Labute approximate surface area is 133 Å². The van der Waals surface area contributed by atoms with Crippen molar-refractivity contribution in [2.45, 2.75) is 31.6 Å². The van der Waals surface area contributed by atoms with E-state index in [9.17, 15) is 13.2 Å². The molecule has 21 heavy (non-hydrogen) atoms. The summed E-state index contributed by atoms with van der Waals surface area (Å²) in [5.74, 6) is -1.15. The van der Waals surface area contributed by atoms with E-state index in [1.54, 1.807) is 0 Å². The van der Waals surface area contributed by atoms with E-state index in [0.29, 0.717) is 17.6 Å². The fourth-order valence-electron chi connectivity index (χ4n) is 2.31. The molecule has 0 radical (unpaired) electrons. The molecule has 0 bridgehead atoms. The van der Waals surface area contributed by atoms with E-state index in [1.807, 2.05) is 0 Å². The van der Waals surface area contributed by atoms with Gasteiger partial charge in [-0.15, -0.1) is 0 Å². The van der Waals surface area contributed by atoms with Gasteiger partial charge in [-0.25, -0.2) is 13.2 Å². The highest BCUT2D eigenvalue weighted by molar-refractivity contribution is 9.10. The van der Waals surface area contributed by atoms with E-state index in [1.165, 1.54) is 22.5 Å². The van der Waals surface area contributed by atoms with Crippen LogP contribution in [0.25, 0.3) is 0 Å². The van der Waals surface area contributed by atoms with E-state index in [2.05, 4.69) is 29.8 Å². The Bertz CT molecular complexity index is 660. The summed E-state index contributed by atoms with van der Waals surface area (Å²) in [4.78, 5) is 11.2. The van der Waals surface area contributed by atoms with Crippen molar-refractivity contribution >= 4 is 31.9 Å². The van der Waals surface area contributed by atoms with Gasteiger partial charge in [-0.1, -0.05) is 13.8 Å². The molecule has 1 heterocycles.